The Morgan fingerprint density at radius 2 is 2.00 bits per heavy atom. The average molecular weight is 416 g/mol. The summed E-state index contributed by atoms with van der Waals surface area (Å²) >= 11 is 6.10. The first-order valence-corrected chi connectivity index (χ1v) is 9.09. The molecule has 0 bridgehead atoms. The Kier molecular flexibility index (Phi) is 6.48. The summed E-state index contributed by atoms with van der Waals surface area (Å²) in [4.78, 5) is 23.2. The number of carbonyl (C=O) groups is 1. The Labute approximate surface area is 171 Å². The summed E-state index contributed by atoms with van der Waals surface area (Å²) in [7, 11) is 0. The number of aliphatic hydroxyl groups is 1. The van der Waals surface area contributed by atoms with E-state index in [1.165, 1.54) is 24.5 Å². The molecule has 3 aromatic rings. The number of nitro groups is 1. The van der Waals surface area contributed by atoms with Crippen LogP contribution in [-0.4, -0.2) is 22.5 Å². The Balaban J connectivity index is 1.69. The van der Waals surface area contributed by atoms with Crippen molar-refractivity contribution in [2.24, 2.45) is 0 Å². The highest BCUT2D eigenvalue weighted by atomic mass is 35.5. The minimum atomic E-state index is -1.01. The minimum Gasteiger partial charge on any atom is -0.467 e. The van der Waals surface area contributed by atoms with E-state index < -0.39 is 16.9 Å². The number of halogens is 1. The largest absolute Gasteiger partial charge is 0.467 e. The number of aliphatic hydroxyl groups excluding tert-OH is 1. The first-order valence-electron chi connectivity index (χ1n) is 8.71. The molecule has 1 amide bonds. The van der Waals surface area contributed by atoms with Crippen LogP contribution in [0.2, 0.25) is 5.02 Å². The summed E-state index contributed by atoms with van der Waals surface area (Å²) in [5, 5.41) is 27.5. The summed E-state index contributed by atoms with van der Waals surface area (Å²) in [6.07, 6.45) is 0.401. The minimum absolute atomic E-state index is 0.0906. The maximum Gasteiger partial charge on any atom is 0.293 e. The van der Waals surface area contributed by atoms with E-state index >= 15 is 0 Å². The molecule has 0 aliphatic heterocycles. The second kappa shape index (κ2) is 9.22. The van der Waals surface area contributed by atoms with Crippen LogP contribution in [0.4, 0.5) is 11.4 Å². The van der Waals surface area contributed by atoms with Crippen LogP contribution in [0.1, 0.15) is 27.8 Å². The molecule has 8 nitrogen and oxygen atoms in total. The fourth-order valence-electron chi connectivity index (χ4n) is 2.68. The number of hydrogen-bond acceptors (Lipinski definition) is 6. The molecule has 1 aromatic heterocycles. The molecule has 0 aliphatic rings. The molecule has 0 spiro atoms. The first kappa shape index (κ1) is 20.4. The van der Waals surface area contributed by atoms with Crippen molar-refractivity contribution in [2.45, 2.75) is 12.6 Å². The second-order valence-corrected chi connectivity index (χ2v) is 6.58. The van der Waals surface area contributed by atoms with Crippen molar-refractivity contribution in [2.75, 3.05) is 11.9 Å². The summed E-state index contributed by atoms with van der Waals surface area (Å²) in [5.74, 6) is -0.230. The van der Waals surface area contributed by atoms with Crippen molar-refractivity contribution in [3.63, 3.8) is 0 Å². The lowest BCUT2D eigenvalue weighted by Crippen LogP contribution is -2.28. The van der Waals surface area contributed by atoms with Crippen LogP contribution >= 0.6 is 11.6 Å². The lowest BCUT2D eigenvalue weighted by atomic mass is 10.1. The summed E-state index contributed by atoms with van der Waals surface area (Å²) in [5.41, 5.74) is 0.919. The zero-order valence-electron chi connectivity index (χ0n) is 15.2. The zero-order valence-corrected chi connectivity index (χ0v) is 15.9. The summed E-state index contributed by atoms with van der Waals surface area (Å²) in [6, 6.07) is 14.5. The van der Waals surface area contributed by atoms with E-state index in [0.717, 1.165) is 5.56 Å². The van der Waals surface area contributed by atoms with Crippen LogP contribution in [0.15, 0.2) is 65.3 Å². The van der Waals surface area contributed by atoms with Crippen LogP contribution < -0.4 is 10.6 Å². The molecule has 0 aliphatic carbocycles. The Bertz CT molecular complexity index is 1010. The lowest BCUT2D eigenvalue weighted by molar-refractivity contribution is -0.384. The molecule has 9 heteroatoms. The number of benzene rings is 2. The van der Waals surface area contributed by atoms with Gasteiger partial charge in [0.2, 0.25) is 0 Å². The number of anilines is 1. The molecule has 1 heterocycles. The van der Waals surface area contributed by atoms with Gasteiger partial charge in [0.25, 0.3) is 11.6 Å². The highest BCUT2D eigenvalue weighted by Gasteiger charge is 2.19. The van der Waals surface area contributed by atoms with Crippen molar-refractivity contribution in [3.8, 4) is 0 Å². The van der Waals surface area contributed by atoms with Gasteiger partial charge >= 0.3 is 0 Å². The molecule has 1 unspecified atom stereocenters. The van der Waals surface area contributed by atoms with E-state index in [0.29, 0.717) is 17.3 Å². The molecule has 3 N–H and O–H groups in total. The van der Waals surface area contributed by atoms with Gasteiger partial charge in [-0.1, -0.05) is 29.8 Å². The monoisotopic (exact) mass is 415 g/mol. The standard InChI is InChI=1S/C20H18ClN3O5/c21-15-5-2-1-4-14(15)11-22-16-8-7-13(10-17(16)24(27)28)20(26)23-12-18(25)19-6-3-9-29-19/h1-10,18,22,25H,11-12H2,(H,23,26). The third kappa shape index (κ3) is 5.13. The molecular weight excluding hydrogens is 398 g/mol. The van der Waals surface area contributed by atoms with E-state index in [1.54, 1.807) is 24.3 Å². The number of nitrogens with one attached hydrogen (secondary N) is 2. The van der Waals surface area contributed by atoms with E-state index in [-0.39, 0.29) is 23.5 Å². The fourth-order valence-corrected chi connectivity index (χ4v) is 2.88. The number of carbonyl (C=O) groups excluding carboxylic acids is 1. The SMILES string of the molecule is O=C(NCC(O)c1ccco1)c1ccc(NCc2ccccc2Cl)c([N+](=O)[O-])c1. The fraction of sp³-hybridized carbons (Fsp3) is 0.150. The van der Waals surface area contributed by atoms with Crippen LogP contribution in [0.3, 0.4) is 0 Å². The molecule has 150 valence electrons. The van der Waals surface area contributed by atoms with Gasteiger partial charge in [0.15, 0.2) is 0 Å². The van der Waals surface area contributed by atoms with E-state index in [2.05, 4.69) is 10.6 Å². The Hall–Kier alpha value is -3.36. The van der Waals surface area contributed by atoms with Crippen molar-refractivity contribution in [3.05, 3.63) is 92.9 Å². The predicted molar refractivity (Wildman–Crippen MR) is 108 cm³/mol. The normalized spacial score (nSPS) is 11.7. The van der Waals surface area contributed by atoms with E-state index in [1.807, 2.05) is 12.1 Å². The number of nitro benzene ring substituents is 1. The first-order chi connectivity index (χ1) is 14.0. The molecule has 0 saturated heterocycles. The molecule has 2 aromatic carbocycles. The van der Waals surface area contributed by atoms with Gasteiger partial charge in [0.05, 0.1) is 17.7 Å². The maximum absolute atomic E-state index is 12.3. The topological polar surface area (TPSA) is 118 Å². The zero-order chi connectivity index (χ0) is 20.8. The van der Waals surface area contributed by atoms with Gasteiger partial charge < -0.3 is 20.2 Å². The van der Waals surface area contributed by atoms with Gasteiger partial charge in [-0.25, -0.2) is 0 Å². The van der Waals surface area contributed by atoms with Crippen molar-refractivity contribution in [1.29, 1.82) is 0 Å². The van der Waals surface area contributed by atoms with Gasteiger partial charge in [-0.2, -0.15) is 0 Å². The molecular formula is C20H18ClN3O5. The van der Waals surface area contributed by atoms with Gasteiger partial charge in [-0.15, -0.1) is 0 Å². The number of hydrogen-bond donors (Lipinski definition) is 3. The number of nitrogens with zero attached hydrogens (tertiary/aromatic N) is 1. The molecule has 0 fully saturated rings. The molecule has 3 rings (SSSR count). The Morgan fingerprint density at radius 1 is 1.21 bits per heavy atom. The number of furan rings is 1. The molecule has 29 heavy (non-hydrogen) atoms. The molecule has 0 saturated carbocycles. The van der Waals surface area contributed by atoms with Gasteiger partial charge in [-0.05, 0) is 35.9 Å². The summed E-state index contributed by atoms with van der Waals surface area (Å²) < 4.78 is 5.06. The van der Waals surface area contributed by atoms with Crippen LogP contribution in [0, 0.1) is 10.1 Å². The van der Waals surface area contributed by atoms with Crippen molar-refractivity contribution < 1.29 is 19.2 Å². The molecule has 1 atom stereocenters. The van der Waals surface area contributed by atoms with Gasteiger partial charge in [0.1, 0.15) is 17.6 Å². The van der Waals surface area contributed by atoms with Crippen LogP contribution in [0.25, 0.3) is 0 Å². The third-order valence-corrected chi connectivity index (χ3v) is 4.58. The second-order valence-electron chi connectivity index (χ2n) is 6.18. The number of rotatable bonds is 8. The predicted octanol–water partition coefficient (Wildman–Crippen LogP) is 3.92. The van der Waals surface area contributed by atoms with Crippen molar-refractivity contribution in [1.82, 2.24) is 5.32 Å². The average Bonchev–Trinajstić information content (AvgIpc) is 3.26. The smallest absolute Gasteiger partial charge is 0.293 e. The van der Waals surface area contributed by atoms with Gasteiger partial charge in [0, 0.05) is 23.2 Å². The Morgan fingerprint density at radius 3 is 2.69 bits per heavy atom. The highest BCUT2D eigenvalue weighted by Crippen LogP contribution is 2.27. The third-order valence-electron chi connectivity index (χ3n) is 4.21. The maximum atomic E-state index is 12.3. The molecule has 0 radical (unpaired) electrons. The van der Waals surface area contributed by atoms with Gasteiger partial charge in [-0.3, -0.25) is 14.9 Å². The summed E-state index contributed by atoms with van der Waals surface area (Å²) in [6.45, 7) is 0.202. The number of amides is 1. The highest BCUT2D eigenvalue weighted by molar-refractivity contribution is 6.31. The van der Waals surface area contributed by atoms with Crippen molar-refractivity contribution >= 4 is 28.9 Å². The lowest BCUT2D eigenvalue weighted by Gasteiger charge is -2.11. The van der Waals surface area contributed by atoms with E-state index in [4.69, 9.17) is 16.0 Å². The van der Waals surface area contributed by atoms with Crippen LogP contribution in [0.5, 0.6) is 0 Å². The van der Waals surface area contributed by atoms with Crippen LogP contribution in [-0.2, 0) is 6.54 Å². The quantitative estimate of drug-likeness (QED) is 0.379. The van der Waals surface area contributed by atoms with E-state index in [9.17, 15) is 20.0 Å².